The number of amides is 1. The van der Waals surface area contributed by atoms with Crippen LogP contribution in [-0.4, -0.2) is 36.7 Å². The van der Waals surface area contributed by atoms with Crippen molar-refractivity contribution in [2.45, 2.75) is 17.9 Å². The molecule has 1 fully saturated rings. The summed E-state index contributed by atoms with van der Waals surface area (Å²) in [5, 5.41) is 6.36. The number of pyridine rings is 1. The van der Waals surface area contributed by atoms with Crippen molar-refractivity contribution in [1.29, 1.82) is 0 Å². The molecular weight excluding hydrogens is 414 g/mol. The second-order valence-corrected chi connectivity index (χ2v) is 9.16. The van der Waals surface area contributed by atoms with Crippen molar-refractivity contribution in [3.8, 4) is 0 Å². The first-order valence-corrected chi connectivity index (χ1v) is 11.3. The molecule has 1 saturated heterocycles. The lowest BCUT2D eigenvalue weighted by Gasteiger charge is -2.29. The van der Waals surface area contributed by atoms with E-state index in [-0.39, 0.29) is 10.5 Å². The lowest BCUT2D eigenvalue weighted by molar-refractivity contribution is 0.100. The number of anilines is 3. The molecule has 1 amide bonds. The zero-order valence-corrected chi connectivity index (χ0v) is 17.6. The van der Waals surface area contributed by atoms with E-state index in [1.807, 2.05) is 30.3 Å². The zero-order chi connectivity index (χ0) is 21.8. The van der Waals surface area contributed by atoms with Crippen LogP contribution in [0.15, 0.2) is 71.8 Å². The molecule has 8 nitrogen and oxygen atoms in total. The summed E-state index contributed by atoms with van der Waals surface area (Å²) in [6, 6.07) is 18.0. The summed E-state index contributed by atoms with van der Waals surface area (Å²) in [4.78, 5) is 16.3. The number of aromatic nitrogens is 1. The minimum Gasteiger partial charge on any atom is -0.380 e. The first-order chi connectivity index (χ1) is 14.9. The van der Waals surface area contributed by atoms with E-state index in [0.29, 0.717) is 36.8 Å². The molecule has 9 heteroatoms. The highest BCUT2D eigenvalue weighted by Crippen LogP contribution is 2.25. The molecule has 160 valence electrons. The highest BCUT2D eigenvalue weighted by atomic mass is 32.2. The van der Waals surface area contributed by atoms with Crippen molar-refractivity contribution in [1.82, 2.24) is 9.29 Å². The number of hydrogen-bond donors (Lipinski definition) is 3. The Hall–Kier alpha value is -3.43. The van der Waals surface area contributed by atoms with Gasteiger partial charge in [0, 0.05) is 37.6 Å². The molecular formula is C22H23N5O3S. The van der Waals surface area contributed by atoms with Gasteiger partial charge in [0.05, 0.1) is 16.1 Å². The average Bonchev–Trinajstić information content (AvgIpc) is 2.72. The van der Waals surface area contributed by atoms with E-state index in [2.05, 4.69) is 15.6 Å². The molecule has 0 radical (unpaired) electrons. The molecule has 0 saturated carbocycles. The van der Waals surface area contributed by atoms with Crippen LogP contribution >= 0.6 is 0 Å². The SMILES string of the molecule is NC(=O)c1cnc(Nc2ccc(S(=O)(=O)N3CCC3)cc2)cc1NCc1ccccc1. The van der Waals surface area contributed by atoms with E-state index in [1.165, 1.54) is 10.5 Å². The number of benzene rings is 2. The van der Waals surface area contributed by atoms with Gasteiger partial charge in [0.25, 0.3) is 5.91 Å². The molecule has 3 aromatic rings. The molecule has 1 aliphatic rings. The smallest absolute Gasteiger partial charge is 0.252 e. The van der Waals surface area contributed by atoms with Crippen molar-refractivity contribution in [3.05, 3.63) is 78.0 Å². The Bertz CT molecular complexity index is 1180. The summed E-state index contributed by atoms with van der Waals surface area (Å²) in [6.07, 6.45) is 2.31. The Labute approximate surface area is 181 Å². The van der Waals surface area contributed by atoms with Gasteiger partial charge >= 0.3 is 0 Å². The molecule has 31 heavy (non-hydrogen) atoms. The van der Waals surface area contributed by atoms with Gasteiger partial charge < -0.3 is 16.4 Å². The summed E-state index contributed by atoms with van der Waals surface area (Å²) >= 11 is 0. The number of rotatable bonds is 8. The van der Waals surface area contributed by atoms with Gasteiger partial charge in [0.1, 0.15) is 5.82 Å². The van der Waals surface area contributed by atoms with E-state index in [0.717, 1.165) is 12.0 Å². The largest absolute Gasteiger partial charge is 0.380 e. The molecule has 2 aromatic carbocycles. The first-order valence-electron chi connectivity index (χ1n) is 9.88. The summed E-state index contributed by atoms with van der Waals surface area (Å²) < 4.78 is 26.4. The molecule has 0 aliphatic carbocycles. The number of carbonyl (C=O) groups excluding carboxylic acids is 1. The normalized spacial score (nSPS) is 13.9. The van der Waals surface area contributed by atoms with Gasteiger partial charge in [-0.3, -0.25) is 4.79 Å². The highest BCUT2D eigenvalue weighted by Gasteiger charge is 2.29. The van der Waals surface area contributed by atoms with Crippen LogP contribution < -0.4 is 16.4 Å². The number of nitrogens with one attached hydrogen (secondary N) is 2. The molecule has 0 spiro atoms. The lowest BCUT2D eigenvalue weighted by Crippen LogP contribution is -2.41. The molecule has 0 bridgehead atoms. The topological polar surface area (TPSA) is 117 Å². The maximum Gasteiger partial charge on any atom is 0.252 e. The fourth-order valence-electron chi connectivity index (χ4n) is 3.19. The van der Waals surface area contributed by atoms with Crippen LogP contribution in [0.3, 0.4) is 0 Å². The fourth-order valence-corrected chi connectivity index (χ4v) is 4.71. The average molecular weight is 438 g/mol. The van der Waals surface area contributed by atoms with Crippen LogP contribution in [0, 0.1) is 0 Å². The second-order valence-electron chi connectivity index (χ2n) is 7.23. The zero-order valence-electron chi connectivity index (χ0n) is 16.8. The molecule has 4 N–H and O–H groups in total. The van der Waals surface area contributed by atoms with E-state index < -0.39 is 15.9 Å². The van der Waals surface area contributed by atoms with Crippen molar-refractivity contribution < 1.29 is 13.2 Å². The first kappa shape index (κ1) is 20.8. The van der Waals surface area contributed by atoms with Gasteiger partial charge in [-0.05, 0) is 36.2 Å². The van der Waals surface area contributed by atoms with Crippen molar-refractivity contribution in [3.63, 3.8) is 0 Å². The quantitative estimate of drug-likeness (QED) is 0.499. The van der Waals surface area contributed by atoms with Crippen molar-refractivity contribution >= 4 is 33.1 Å². The standard InChI is InChI=1S/C22H23N5O3S/c23-22(28)19-15-25-21(13-20(19)24-14-16-5-2-1-3-6-16)26-17-7-9-18(10-8-17)31(29,30)27-11-4-12-27/h1-3,5-10,13,15H,4,11-12,14H2,(H2,23,28)(H2,24,25,26). The van der Waals surface area contributed by atoms with E-state index in [9.17, 15) is 13.2 Å². The molecule has 0 atom stereocenters. The number of carbonyl (C=O) groups is 1. The fraction of sp³-hybridized carbons (Fsp3) is 0.182. The highest BCUT2D eigenvalue weighted by molar-refractivity contribution is 7.89. The van der Waals surface area contributed by atoms with Gasteiger partial charge in [0.2, 0.25) is 10.0 Å². The van der Waals surface area contributed by atoms with Crippen molar-refractivity contribution in [2.24, 2.45) is 5.73 Å². The summed E-state index contributed by atoms with van der Waals surface area (Å²) in [5.41, 5.74) is 8.07. The van der Waals surface area contributed by atoms with Gasteiger partial charge in [-0.25, -0.2) is 13.4 Å². The second kappa shape index (κ2) is 8.75. The predicted octanol–water partition coefficient (Wildman–Crippen LogP) is 2.93. The third-order valence-corrected chi connectivity index (χ3v) is 6.99. The number of primary amides is 1. The third-order valence-electron chi connectivity index (χ3n) is 5.07. The van der Waals surface area contributed by atoms with Gasteiger partial charge in [0.15, 0.2) is 0 Å². The maximum atomic E-state index is 12.5. The maximum absolute atomic E-state index is 12.5. The molecule has 0 unspecified atom stereocenters. The molecule has 1 aliphatic heterocycles. The van der Waals surface area contributed by atoms with Crippen LogP contribution in [0.1, 0.15) is 22.3 Å². The number of hydrogen-bond acceptors (Lipinski definition) is 6. The van der Waals surface area contributed by atoms with Gasteiger partial charge in [-0.15, -0.1) is 0 Å². The van der Waals surface area contributed by atoms with E-state index >= 15 is 0 Å². The summed E-state index contributed by atoms with van der Waals surface area (Å²) in [6.45, 7) is 1.65. The van der Waals surface area contributed by atoms with E-state index in [1.54, 1.807) is 30.3 Å². The minimum atomic E-state index is -3.42. The summed E-state index contributed by atoms with van der Waals surface area (Å²) in [7, 11) is -3.42. The molecule has 4 rings (SSSR count). The summed E-state index contributed by atoms with van der Waals surface area (Å²) in [5.74, 6) is -0.0749. The Morgan fingerprint density at radius 1 is 1.06 bits per heavy atom. The minimum absolute atomic E-state index is 0.264. The number of nitrogens with zero attached hydrogens (tertiary/aromatic N) is 2. The van der Waals surface area contributed by atoms with Gasteiger partial charge in [-0.2, -0.15) is 4.31 Å². The van der Waals surface area contributed by atoms with E-state index in [4.69, 9.17) is 5.73 Å². The molecule has 1 aromatic heterocycles. The van der Waals surface area contributed by atoms with Crippen molar-refractivity contribution in [2.75, 3.05) is 23.7 Å². The van der Waals surface area contributed by atoms with Crippen LogP contribution in [0.4, 0.5) is 17.2 Å². The van der Waals surface area contributed by atoms with Crippen LogP contribution in [0.5, 0.6) is 0 Å². The predicted molar refractivity (Wildman–Crippen MR) is 120 cm³/mol. The molecule has 2 heterocycles. The monoisotopic (exact) mass is 437 g/mol. The Morgan fingerprint density at radius 3 is 2.39 bits per heavy atom. The Balaban J connectivity index is 1.51. The lowest BCUT2D eigenvalue weighted by atomic mass is 10.2. The number of nitrogens with two attached hydrogens (primary N) is 1. The van der Waals surface area contributed by atoms with Crippen LogP contribution in [0.2, 0.25) is 0 Å². The van der Waals surface area contributed by atoms with Crippen LogP contribution in [0.25, 0.3) is 0 Å². The number of sulfonamides is 1. The Morgan fingerprint density at radius 2 is 1.77 bits per heavy atom. The Kier molecular flexibility index (Phi) is 5.88. The third kappa shape index (κ3) is 4.68. The van der Waals surface area contributed by atoms with Crippen LogP contribution in [-0.2, 0) is 16.6 Å². The van der Waals surface area contributed by atoms with Gasteiger partial charge in [-0.1, -0.05) is 30.3 Å².